The Kier molecular flexibility index (Phi) is 4.29. The summed E-state index contributed by atoms with van der Waals surface area (Å²) in [7, 11) is 0. The maximum absolute atomic E-state index is 13.9. The van der Waals surface area contributed by atoms with Crippen molar-refractivity contribution in [2.45, 2.75) is 31.8 Å². The molecule has 1 fully saturated rings. The van der Waals surface area contributed by atoms with Gasteiger partial charge in [0.25, 0.3) is 0 Å². The first kappa shape index (κ1) is 14.8. The van der Waals surface area contributed by atoms with Gasteiger partial charge in [0.05, 0.1) is 11.7 Å². The fourth-order valence-electron chi connectivity index (χ4n) is 2.97. The van der Waals surface area contributed by atoms with Crippen LogP contribution in [0.4, 0.5) is 14.7 Å². The number of nitrogens with zero attached hydrogens (tertiary/aromatic N) is 3. The SMILES string of the molecule is Nc1nccc([C@@H]2CCCCN2Cc2cc(F)ccc2F)n1. The number of hydrogen-bond donors (Lipinski definition) is 1. The highest BCUT2D eigenvalue weighted by Crippen LogP contribution is 2.31. The summed E-state index contributed by atoms with van der Waals surface area (Å²) in [5.41, 5.74) is 6.86. The summed E-state index contributed by atoms with van der Waals surface area (Å²) in [4.78, 5) is 10.3. The van der Waals surface area contributed by atoms with E-state index in [0.29, 0.717) is 12.1 Å². The zero-order valence-electron chi connectivity index (χ0n) is 12.2. The van der Waals surface area contributed by atoms with E-state index < -0.39 is 5.82 Å². The largest absolute Gasteiger partial charge is 0.368 e. The van der Waals surface area contributed by atoms with Crippen LogP contribution in [0.5, 0.6) is 0 Å². The van der Waals surface area contributed by atoms with Crippen LogP contribution in [-0.4, -0.2) is 21.4 Å². The molecule has 6 heteroatoms. The van der Waals surface area contributed by atoms with Crippen LogP contribution in [-0.2, 0) is 6.54 Å². The Bertz CT molecular complexity index is 662. The first-order valence-electron chi connectivity index (χ1n) is 7.40. The summed E-state index contributed by atoms with van der Waals surface area (Å²) >= 11 is 0. The molecule has 0 saturated carbocycles. The van der Waals surface area contributed by atoms with E-state index in [1.54, 1.807) is 6.20 Å². The Morgan fingerprint density at radius 2 is 2.09 bits per heavy atom. The molecule has 2 aromatic rings. The first-order chi connectivity index (χ1) is 10.6. The van der Waals surface area contributed by atoms with Gasteiger partial charge >= 0.3 is 0 Å². The van der Waals surface area contributed by atoms with E-state index in [1.807, 2.05) is 6.07 Å². The zero-order valence-corrected chi connectivity index (χ0v) is 12.2. The molecule has 2 N–H and O–H groups in total. The maximum atomic E-state index is 13.9. The molecule has 1 saturated heterocycles. The molecule has 0 unspecified atom stereocenters. The van der Waals surface area contributed by atoms with Gasteiger partial charge in [-0.2, -0.15) is 0 Å². The van der Waals surface area contributed by atoms with Crippen molar-refractivity contribution in [3.8, 4) is 0 Å². The predicted molar refractivity (Wildman–Crippen MR) is 79.8 cm³/mol. The van der Waals surface area contributed by atoms with Crippen molar-refractivity contribution in [3.63, 3.8) is 0 Å². The third-order valence-corrected chi connectivity index (χ3v) is 4.03. The van der Waals surface area contributed by atoms with Crippen LogP contribution in [0.2, 0.25) is 0 Å². The number of piperidine rings is 1. The number of anilines is 1. The number of aromatic nitrogens is 2. The normalized spacial score (nSPS) is 19.3. The van der Waals surface area contributed by atoms with Crippen molar-refractivity contribution in [1.82, 2.24) is 14.9 Å². The van der Waals surface area contributed by atoms with Crippen LogP contribution in [0.1, 0.15) is 36.6 Å². The van der Waals surface area contributed by atoms with Crippen LogP contribution in [0.15, 0.2) is 30.5 Å². The van der Waals surface area contributed by atoms with Crippen LogP contribution in [0, 0.1) is 11.6 Å². The fraction of sp³-hybridized carbons (Fsp3) is 0.375. The molecule has 2 heterocycles. The minimum Gasteiger partial charge on any atom is -0.368 e. The van der Waals surface area contributed by atoms with Crippen LogP contribution < -0.4 is 5.73 Å². The number of benzene rings is 1. The Morgan fingerprint density at radius 3 is 2.91 bits per heavy atom. The smallest absolute Gasteiger partial charge is 0.220 e. The Hall–Kier alpha value is -2.08. The number of hydrogen-bond acceptors (Lipinski definition) is 4. The van der Waals surface area contributed by atoms with Crippen molar-refractivity contribution >= 4 is 5.95 Å². The molecular weight excluding hydrogens is 286 g/mol. The molecule has 1 aromatic heterocycles. The van der Waals surface area contributed by atoms with E-state index >= 15 is 0 Å². The zero-order chi connectivity index (χ0) is 15.5. The highest BCUT2D eigenvalue weighted by molar-refractivity contribution is 5.22. The number of rotatable bonds is 3. The van der Waals surface area contributed by atoms with Gasteiger partial charge in [-0.1, -0.05) is 6.42 Å². The highest BCUT2D eigenvalue weighted by Gasteiger charge is 2.26. The van der Waals surface area contributed by atoms with Crippen molar-refractivity contribution in [2.75, 3.05) is 12.3 Å². The molecule has 0 aliphatic carbocycles. The number of nitrogens with two attached hydrogens (primary N) is 1. The summed E-state index contributed by atoms with van der Waals surface area (Å²) in [6, 6.07) is 5.46. The molecule has 1 aromatic carbocycles. The van der Waals surface area contributed by atoms with E-state index in [-0.39, 0.29) is 17.8 Å². The lowest BCUT2D eigenvalue weighted by Gasteiger charge is -2.35. The summed E-state index contributed by atoms with van der Waals surface area (Å²) < 4.78 is 27.2. The lowest BCUT2D eigenvalue weighted by molar-refractivity contribution is 0.135. The molecular formula is C16H18F2N4. The average Bonchev–Trinajstić information content (AvgIpc) is 2.51. The number of nitrogen functional groups attached to an aromatic ring is 1. The monoisotopic (exact) mass is 304 g/mol. The van der Waals surface area contributed by atoms with Crippen LogP contribution >= 0.6 is 0 Å². The van der Waals surface area contributed by atoms with Gasteiger partial charge in [0.2, 0.25) is 5.95 Å². The standard InChI is InChI=1S/C16H18F2N4/c17-12-4-5-13(18)11(9-12)10-22-8-2-1-3-15(22)14-6-7-20-16(19)21-14/h4-7,9,15H,1-3,8,10H2,(H2,19,20,21)/t15-/m0/s1. The molecule has 0 spiro atoms. The van der Waals surface area contributed by atoms with Crippen molar-refractivity contribution < 1.29 is 8.78 Å². The van der Waals surface area contributed by atoms with E-state index in [9.17, 15) is 8.78 Å². The van der Waals surface area contributed by atoms with E-state index in [2.05, 4.69) is 14.9 Å². The van der Waals surface area contributed by atoms with Crippen LogP contribution in [0.3, 0.4) is 0 Å². The van der Waals surface area contributed by atoms with Crippen molar-refractivity contribution in [3.05, 3.63) is 53.4 Å². The molecule has 116 valence electrons. The molecule has 0 radical (unpaired) electrons. The summed E-state index contributed by atoms with van der Waals surface area (Å²) in [6.45, 7) is 1.18. The van der Waals surface area contributed by atoms with Gasteiger partial charge in [0.15, 0.2) is 0 Å². The maximum Gasteiger partial charge on any atom is 0.220 e. The fourth-order valence-corrected chi connectivity index (χ4v) is 2.97. The summed E-state index contributed by atoms with van der Waals surface area (Å²) in [6.07, 6.45) is 4.67. The second kappa shape index (κ2) is 6.36. The van der Waals surface area contributed by atoms with Gasteiger partial charge in [0.1, 0.15) is 11.6 Å². The van der Waals surface area contributed by atoms with Crippen molar-refractivity contribution in [1.29, 1.82) is 0 Å². The molecule has 4 nitrogen and oxygen atoms in total. The Labute approximate surface area is 128 Å². The quantitative estimate of drug-likeness (QED) is 0.947. The van der Waals surface area contributed by atoms with Gasteiger partial charge in [-0.3, -0.25) is 4.90 Å². The Morgan fingerprint density at radius 1 is 1.23 bits per heavy atom. The van der Waals surface area contributed by atoms with E-state index in [1.165, 1.54) is 12.1 Å². The lowest BCUT2D eigenvalue weighted by atomic mass is 9.98. The molecule has 22 heavy (non-hydrogen) atoms. The first-order valence-corrected chi connectivity index (χ1v) is 7.40. The summed E-state index contributed by atoms with van der Waals surface area (Å²) in [5.74, 6) is -0.566. The molecule has 1 atom stereocenters. The molecule has 1 aliphatic heterocycles. The lowest BCUT2D eigenvalue weighted by Crippen LogP contribution is -2.33. The minimum atomic E-state index is -0.420. The molecule has 3 rings (SSSR count). The van der Waals surface area contributed by atoms with Gasteiger partial charge < -0.3 is 5.73 Å². The molecule has 0 amide bonds. The van der Waals surface area contributed by atoms with Gasteiger partial charge in [-0.05, 0) is 43.7 Å². The second-order valence-corrected chi connectivity index (χ2v) is 5.56. The minimum absolute atomic E-state index is 0.0571. The highest BCUT2D eigenvalue weighted by atomic mass is 19.1. The van der Waals surface area contributed by atoms with Gasteiger partial charge in [0, 0.05) is 18.3 Å². The third kappa shape index (κ3) is 3.22. The van der Waals surface area contributed by atoms with E-state index in [4.69, 9.17) is 5.73 Å². The average molecular weight is 304 g/mol. The topological polar surface area (TPSA) is 55.0 Å². The Balaban J connectivity index is 1.85. The van der Waals surface area contributed by atoms with E-state index in [0.717, 1.165) is 37.6 Å². The van der Waals surface area contributed by atoms with Crippen molar-refractivity contribution in [2.24, 2.45) is 0 Å². The second-order valence-electron chi connectivity index (χ2n) is 5.56. The predicted octanol–water partition coefficient (Wildman–Crippen LogP) is 3.06. The van der Waals surface area contributed by atoms with Crippen LogP contribution in [0.25, 0.3) is 0 Å². The van der Waals surface area contributed by atoms with Gasteiger partial charge in [-0.25, -0.2) is 18.7 Å². The number of likely N-dealkylation sites (tertiary alicyclic amines) is 1. The number of halogens is 2. The summed E-state index contributed by atoms with van der Waals surface area (Å²) in [5, 5.41) is 0. The molecule has 0 bridgehead atoms. The molecule has 1 aliphatic rings. The van der Waals surface area contributed by atoms with Gasteiger partial charge in [-0.15, -0.1) is 0 Å². The third-order valence-electron chi connectivity index (χ3n) is 4.03.